The van der Waals surface area contributed by atoms with Crippen molar-refractivity contribution >= 4 is 133 Å². The minimum Gasteiger partial charge on any atom is -0.458 e. The zero-order valence-corrected chi connectivity index (χ0v) is 36.7. The molecule has 5 nitrogen and oxygen atoms in total. The van der Waals surface area contributed by atoms with Crippen LogP contribution in [0.4, 0.5) is 34.1 Å². The fourth-order valence-corrected chi connectivity index (χ4v) is 11.2. The molecule has 14 aromatic rings. The minimum absolute atomic E-state index is 0.760. The highest BCUT2D eigenvalue weighted by atomic mass is 16.3. The highest BCUT2D eigenvalue weighted by Crippen LogP contribution is 2.47. The summed E-state index contributed by atoms with van der Waals surface area (Å²) >= 11 is 0. The van der Waals surface area contributed by atoms with Crippen molar-refractivity contribution in [2.75, 3.05) is 9.80 Å². The first-order valence-electron chi connectivity index (χ1n) is 23.3. The summed E-state index contributed by atoms with van der Waals surface area (Å²) in [6, 6.07) is 72.6. The van der Waals surface area contributed by atoms with Gasteiger partial charge in [-0.2, -0.15) is 0 Å². The molecule has 0 fully saturated rings. The number of hydrogen-bond donors (Lipinski definition) is 0. The van der Waals surface area contributed by atoms with Gasteiger partial charge in [0.15, 0.2) is 11.2 Å². The van der Waals surface area contributed by atoms with Crippen LogP contribution >= 0.6 is 0 Å². The van der Waals surface area contributed by atoms with E-state index in [-0.39, 0.29) is 0 Å². The van der Waals surface area contributed by atoms with E-state index in [1.807, 2.05) is 6.07 Å². The van der Waals surface area contributed by atoms with Crippen LogP contribution in [0.3, 0.4) is 0 Å². The quantitative estimate of drug-likeness (QED) is 0.167. The number of benzene rings is 10. The smallest absolute Gasteiger partial charge is 0.159 e. The third-order valence-corrected chi connectivity index (χ3v) is 14.2. The molecule has 10 aromatic carbocycles. The highest BCUT2D eigenvalue weighted by Gasteiger charge is 2.24. The minimum atomic E-state index is 0.760. The number of anilines is 6. The molecule has 0 unspecified atom stereocenters. The Morgan fingerprint density at radius 1 is 0.382 bits per heavy atom. The lowest BCUT2D eigenvalue weighted by Gasteiger charge is -2.26. The Labute approximate surface area is 390 Å². The molecule has 318 valence electrons. The van der Waals surface area contributed by atoms with E-state index in [0.717, 1.165) is 84.8 Å². The number of para-hydroxylation sites is 6. The van der Waals surface area contributed by atoms with Gasteiger partial charge in [-0.25, -0.2) is 0 Å². The number of rotatable bonds is 6. The average molecular weight is 870 g/mol. The summed E-state index contributed by atoms with van der Waals surface area (Å²) in [5.41, 5.74) is 13.7. The number of furan rings is 2. The van der Waals surface area contributed by atoms with Gasteiger partial charge in [0.05, 0.1) is 27.9 Å². The zero-order chi connectivity index (χ0) is 44.5. The van der Waals surface area contributed by atoms with Crippen LogP contribution in [0.5, 0.6) is 0 Å². The molecule has 0 amide bonds. The number of hydrogen-bond acceptors (Lipinski definition) is 4. The Morgan fingerprint density at radius 2 is 0.926 bits per heavy atom. The second-order valence-electron chi connectivity index (χ2n) is 18.0. The largest absolute Gasteiger partial charge is 0.458 e. The fraction of sp³-hybridized carbons (Fsp3) is 0.0159. The molecular weight excluding hydrogens is 831 g/mol. The first-order valence-corrected chi connectivity index (χ1v) is 23.3. The average Bonchev–Trinajstić information content (AvgIpc) is 4.08. The van der Waals surface area contributed by atoms with Crippen molar-refractivity contribution in [1.82, 2.24) is 4.40 Å². The van der Waals surface area contributed by atoms with E-state index >= 15 is 0 Å². The van der Waals surface area contributed by atoms with Crippen LogP contribution in [0.25, 0.3) is 98.6 Å². The first kappa shape index (κ1) is 37.2. The molecule has 0 bridgehead atoms. The van der Waals surface area contributed by atoms with E-state index in [2.05, 4.69) is 233 Å². The first-order chi connectivity index (χ1) is 33.7. The van der Waals surface area contributed by atoms with Crippen molar-refractivity contribution in [3.63, 3.8) is 0 Å². The van der Waals surface area contributed by atoms with Gasteiger partial charge in [-0.15, -0.1) is 0 Å². The molecule has 0 N–H and O–H groups in total. The molecule has 68 heavy (non-hydrogen) atoms. The molecule has 0 radical (unpaired) electrons. The predicted molar refractivity (Wildman–Crippen MR) is 284 cm³/mol. The van der Waals surface area contributed by atoms with Crippen molar-refractivity contribution in [2.24, 2.45) is 0 Å². The second-order valence-corrected chi connectivity index (χ2v) is 18.0. The van der Waals surface area contributed by atoms with Gasteiger partial charge in [0, 0.05) is 72.4 Å². The van der Waals surface area contributed by atoms with E-state index in [1.54, 1.807) is 0 Å². The van der Waals surface area contributed by atoms with Gasteiger partial charge in [-0.05, 0) is 113 Å². The summed E-state index contributed by atoms with van der Waals surface area (Å²) in [6.07, 6.45) is 9.29. The van der Waals surface area contributed by atoms with Crippen LogP contribution in [-0.4, -0.2) is 4.40 Å². The predicted octanol–water partition coefficient (Wildman–Crippen LogP) is 17.9. The second kappa shape index (κ2) is 14.2. The third kappa shape index (κ3) is 5.38. The normalized spacial score (nSPS) is 12.8. The lowest BCUT2D eigenvalue weighted by molar-refractivity contribution is 0.565. The lowest BCUT2D eigenvalue weighted by Crippen LogP contribution is -2.10. The van der Waals surface area contributed by atoms with Crippen molar-refractivity contribution in [1.29, 1.82) is 0 Å². The summed E-state index contributed by atoms with van der Waals surface area (Å²) in [4.78, 5) is 4.67. The molecule has 0 atom stereocenters. The summed E-state index contributed by atoms with van der Waals surface area (Å²) < 4.78 is 15.9. The molecule has 4 aromatic heterocycles. The Morgan fingerprint density at radius 3 is 1.57 bits per heavy atom. The Bertz CT molecular complexity index is 4420. The molecular formula is C63H39N3O2. The summed E-state index contributed by atoms with van der Waals surface area (Å²) in [5.74, 6) is 0.988. The maximum atomic E-state index is 6.74. The topological polar surface area (TPSA) is 37.2 Å². The van der Waals surface area contributed by atoms with Gasteiger partial charge in [0.25, 0.3) is 0 Å². The van der Waals surface area contributed by atoms with Crippen LogP contribution in [-0.2, 0) is 6.42 Å². The van der Waals surface area contributed by atoms with Crippen molar-refractivity contribution in [3.8, 4) is 0 Å². The van der Waals surface area contributed by atoms with Gasteiger partial charge in [0.2, 0.25) is 0 Å². The fourth-order valence-electron chi connectivity index (χ4n) is 11.2. The Kier molecular flexibility index (Phi) is 7.78. The van der Waals surface area contributed by atoms with E-state index in [9.17, 15) is 0 Å². The van der Waals surface area contributed by atoms with Crippen LogP contribution in [0.15, 0.2) is 227 Å². The van der Waals surface area contributed by atoms with Gasteiger partial charge in [-0.1, -0.05) is 133 Å². The Balaban J connectivity index is 0.926. The van der Waals surface area contributed by atoms with Crippen LogP contribution in [0.2, 0.25) is 0 Å². The molecule has 0 saturated heterocycles. The number of allylic oxidation sites excluding steroid dienone is 3. The molecule has 5 heteroatoms. The molecule has 1 aliphatic rings. The standard InChI is InChI=1S/C63H39N3O2/c1-4-15-43(16-5-1)64(55-25-13-23-51-47-19-8-3-9-27-59(47)67-62(51)55)45-31-29-39-35-53-49-21-12-22-50-54-36-40-30-32-46(34-42(40)38-58(54)66(61(49)50)57(53)37-41(39)33-45)65(44-17-6-2-7-18-44)56-26-14-24-52-48-20-10-11-28-60(48)68-63(52)56/h1-26,28-38H,27H2. The summed E-state index contributed by atoms with van der Waals surface area (Å²) in [6.45, 7) is 0. The Hall–Kier alpha value is -9.06. The molecule has 0 saturated carbocycles. The van der Waals surface area contributed by atoms with Crippen molar-refractivity contribution < 1.29 is 8.83 Å². The molecule has 1 aliphatic carbocycles. The van der Waals surface area contributed by atoms with Crippen LogP contribution in [0, 0.1) is 0 Å². The van der Waals surface area contributed by atoms with Gasteiger partial charge in [-0.3, -0.25) is 0 Å². The molecule has 0 aliphatic heterocycles. The van der Waals surface area contributed by atoms with E-state index < -0.39 is 0 Å². The maximum absolute atomic E-state index is 6.74. The molecule has 15 rings (SSSR count). The highest BCUT2D eigenvalue weighted by molar-refractivity contribution is 6.26. The van der Waals surface area contributed by atoms with Crippen molar-refractivity contribution in [3.05, 3.63) is 230 Å². The maximum Gasteiger partial charge on any atom is 0.159 e. The van der Waals surface area contributed by atoms with Crippen LogP contribution < -0.4 is 9.80 Å². The van der Waals surface area contributed by atoms with Crippen molar-refractivity contribution in [2.45, 2.75) is 6.42 Å². The summed E-state index contributed by atoms with van der Waals surface area (Å²) in [7, 11) is 0. The zero-order valence-electron chi connectivity index (χ0n) is 36.7. The molecule has 0 spiro atoms. The number of fused-ring (bicyclic) bond motifs is 14. The number of aromatic nitrogens is 1. The lowest BCUT2D eigenvalue weighted by atomic mass is 10.0. The molecule has 4 heterocycles. The van der Waals surface area contributed by atoms with E-state index in [0.29, 0.717) is 0 Å². The van der Waals surface area contributed by atoms with Gasteiger partial charge >= 0.3 is 0 Å². The van der Waals surface area contributed by atoms with Crippen LogP contribution in [0.1, 0.15) is 11.3 Å². The monoisotopic (exact) mass is 869 g/mol. The third-order valence-electron chi connectivity index (χ3n) is 14.2. The number of nitrogens with zero attached hydrogens (tertiary/aromatic N) is 3. The van der Waals surface area contributed by atoms with E-state index in [4.69, 9.17) is 8.83 Å². The van der Waals surface area contributed by atoms with Gasteiger partial charge in [0.1, 0.15) is 11.3 Å². The van der Waals surface area contributed by atoms with Gasteiger partial charge < -0.3 is 23.0 Å². The SMILES string of the molecule is C1=CCc2oc3c(N(c4ccccc4)c4ccc5cc6c7cccc8c9cc%10ccc(N(c%11ccccc%11)c%11cccc%12c%11oc%11ccccc%11%12)cc%10cc9n(c6cc5c4)c78)cccc3c2C=C1. The summed E-state index contributed by atoms with van der Waals surface area (Å²) in [5, 5.41) is 13.1. The van der Waals surface area contributed by atoms with E-state index in [1.165, 1.54) is 59.6 Å².